The van der Waals surface area contributed by atoms with E-state index in [-0.39, 0.29) is 6.42 Å². The van der Waals surface area contributed by atoms with E-state index in [9.17, 15) is 18.3 Å². The highest BCUT2D eigenvalue weighted by molar-refractivity contribution is 5.13. The van der Waals surface area contributed by atoms with Crippen molar-refractivity contribution < 1.29 is 18.3 Å². The molecule has 0 aliphatic rings. The third kappa shape index (κ3) is 7.27. The molecule has 0 saturated carbocycles. The molecule has 0 radical (unpaired) electrons. The molecule has 100 valence electrons. The number of rotatable bonds is 4. The van der Waals surface area contributed by atoms with Crippen LogP contribution in [0.2, 0.25) is 0 Å². The summed E-state index contributed by atoms with van der Waals surface area (Å²) in [6, 6.07) is 0. The van der Waals surface area contributed by atoms with Gasteiger partial charge in [0.1, 0.15) is 5.92 Å². The van der Waals surface area contributed by atoms with Gasteiger partial charge in [0.25, 0.3) is 0 Å². The summed E-state index contributed by atoms with van der Waals surface area (Å²) < 4.78 is 38.1. The summed E-state index contributed by atoms with van der Waals surface area (Å²) in [5, 5.41) is 9.55. The van der Waals surface area contributed by atoms with Gasteiger partial charge in [0, 0.05) is 5.41 Å². The Morgan fingerprint density at radius 3 is 2.06 bits per heavy atom. The second-order valence-corrected chi connectivity index (χ2v) is 5.25. The molecule has 0 heterocycles. The van der Waals surface area contributed by atoms with Gasteiger partial charge in [-0.25, -0.2) is 0 Å². The number of unbranched alkanes of at least 4 members (excludes halogenated alkanes) is 1. The van der Waals surface area contributed by atoms with E-state index in [1.807, 2.05) is 6.92 Å². The Hall–Kier alpha value is -0.690. The van der Waals surface area contributed by atoms with E-state index in [4.69, 9.17) is 0 Å². The summed E-state index contributed by atoms with van der Waals surface area (Å²) in [5.74, 6) is 2.80. The fourth-order valence-corrected chi connectivity index (χ4v) is 1.27. The highest BCUT2D eigenvalue weighted by Crippen LogP contribution is 2.30. The van der Waals surface area contributed by atoms with Crippen LogP contribution in [-0.2, 0) is 0 Å². The maximum atomic E-state index is 12.7. The molecule has 0 aromatic rings. The predicted molar refractivity (Wildman–Crippen MR) is 62.3 cm³/mol. The van der Waals surface area contributed by atoms with Gasteiger partial charge in [-0.3, -0.25) is 0 Å². The van der Waals surface area contributed by atoms with Crippen molar-refractivity contribution in [2.24, 2.45) is 11.3 Å². The van der Waals surface area contributed by atoms with Crippen molar-refractivity contribution in [3.8, 4) is 11.8 Å². The molecule has 2 unspecified atom stereocenters. The van der Waals surface area contributed by atoms with Crippen LogP contribution in [0.25, 0.3) is 0 Å². The monoisotopic (exact) mass is 250 g/mol. The smallest absolute Gasteiger partial charge is 0.391 e. The molecule has 0 amide bonds. The van der Waals surface area contributed by atoms with Crippen LogP contribution in [0.1, 0.15) is 47.0 Å². The molecule has 0 saturated heterocycles. The highest BCUT2D eigenvalue weighted by Gasteiger charge is 2.43. The van der Waals surface area contributed by atoms with E-state index >= 15 is 0 Å². The van der Waals surface area contributed by atoms with Crippen LogP contribution in [0.15, 0.2) is 0 Å². The van der Waals surface area contributed by atoms with Gasteiger partial charge in [0.15, 0.2) is 0 Å². The van der Waals surface area contributed by atoms with E-state index in [1.165, 1.54) is 0 Å². The molecule has 0 aliphatic heterocycles. The third-order valence-electron chi connectivity index (χ3n) is 2.19. The largest absolute Gasteiger partial charge is 0.404 e. The van der Waals surface area contributed by atoms with Crippen LogP contribution in [0.5, 0.6) is 0 Å². The van der Waals surface area contributed by atoms with Crippen LogP contribution in [0.3, 0.4) is 0 Å². The first-order chi connectivity index (χ1) is 7.58. The minimum absolute atomic E-state index is 0.138. The predicted octanol–water partition coefficient (Wildman–Crippen LogP) is 3.77. The van der Waals surface area contributed by atoms with Gasteiger partial charge < -0.3 is 5.11 Å². The van der Waals surface area contributed by atoms with Gasteiger partial charge in [0.05, 0.1) is 6.10 Å². The molecule has 0 aromatic carbocycles. The summed E-state index contributed by atoms with van der Waals surface area (Å²) in [4.78, 5) is 0. The Balaban J connectivity index is 4.82. The number of halogens is 3. The number of aliphatic hydroxyl groups is 1. The normalized spacial score (nSPS) is 16.0. The molecule has 1 nitrogen and oxygen atoms in total. The number of hydrogen-bond donors (Lipinski definition) is 1. The van der Waals surface area contributed by atoms with Gasteiger partial charge >= 0.3 is 6.18 Å². The standard InChI is InChI=1S/C13H21F3O/c1-5-6-7-11(17)10(13(14,15)16)8-9-12(2,3)4/h10-11,17H,5-7H2,1-4H3. The Labute approximate surface area is 101 Å². The fourth-order valence-electron chi connectivity index (χ4n) is 1.27. The molecule has 17 heavy (non-hydrogen) atoms. The molecule has 0 aliphatic carbocycles. The quantitative estimate of drug-likeness (QED) is 0.753. The minimum Gasteiger partial charge on any atom is -0.391 e. The molecule has 0 rings (SSSR count). The van der Waals surface area contributed by atoms with Crippen molar-refractivity contribution in [1.29, 1.82) is 0 Å². The maximum Gasteiger partial charge on any atom is 0.404 e. The summed E-state index contributed by atoms with van der Waals surface area (Å²) in [5.41, 5.74) is -0.492. The van der Waals surface area contributed by atoms with E-state index in [2.05, 4.69) is 11.8 Å². The second-order valence-electron chi connectivity index (χ2n) is 5.25. The Bertz CT molecular complexity index is 278. The molecule has 2 atom stereocenters. The zero-order valence-corrected chi connectivity index (χ0v) is 10.9. The Kier molecular flexibility index (Phi) is 6.04. The SMILES string of the molecule is CCCCC(O)C(C#CC(C)(C)C)C(F)(F)F. The van der Waals surface area contributed by atoms with E-state index < -0.39 is 23.6 Å². The zero-order valence-electron chi connectivity index (χ0n) is 10.9. The van der Waals surface area contributed by atoms with Crippen molar-refractivity contribution in [1.82, 2.24) is 0 Å². The second kappa shape index (κ2) is 6.30. The number of alkyl halides is 3. The lowest BCUT2D eigenvalue weighted by Crippen LogP contribution is -2.33. The topological polar surface area (TPSA) is 20.2 Å². The van der Waals surface area contributed by atoms with Gasteiger partial charge in [0.2, 0.25) is 0 Å². The molecule has 0 fully saturated rings. The molecule has 1 N–H and O–H groups in total. The lowest BCUT2D eigenvalue weighted by Gasteiger charge is -2.21. The summed E-state index contributed by atoms with van der Waals surface area (Å²) in [7, 11) is 0. The molecule has 0 aromatic heterocycles. The number of hydrogen-bond acceptors (Lipinski definition) is 1. The Morgan fingerprint density at radius 1 is 1.18 bits per heavy atom. The minimum atomic E-state index is -4.47. The van der Waals surface area contributed by atoms with E-state index in [0.29, 0.717) is 6.42 Å². The van der Waals surface area contributed by atoms with Crippen molar-refractivity contribution in [2.45, 2.75) is 59.2 Å². The van der Waals surface area contributed by atoms with Gasteiger partial charge in [-0.2, -0.15) is 13.2 Å². The molecular formula is C13H21F3O. The van der Waals surface area contributed by atoms with Crippen LogP contribution in [-0.4, -0.2) is 17.4 Å². The van der Waals surface area contributed by atoms with Crippen LogP contribution >= 0.6 is 0 Å². The van der Waals surface area contributed by atoms with E-state index in [0.717, 1.165) is 6.42 Å². The van der Waals surface area contributed by atoms with Crippen molar-refractivity contribution in [3.05, 3.63) is 0 Å². The molecular weight excluding hydrogens is 229 g/mol. The molecule has 4 heteroatoms. The average molecular weight is 250 g/mol. The van der Waals surface area contributed by atoms with Gasteiger partial charge in [-0.05, 0) is 27.2 Å². The maximum absolute atomic E-state index is 12.7. The van der Waals surface area contributed by atoms with Crippen molar-refractivity contribution >= 4 is 0 Å². The Morgan fingerprint density at radius 2 is 1.71 bits per heavy atom. The summed E-state index contributed by atoms with van der Waals surface area (Å²) in [6.07, 6.45) is -4.42. The summed E-state index contributed by atoms with van der Waals surface area (Å²) in [6.45, 7) is 7.10. The first kappa shape index (κ1) is 16.3. The van der Waals surface area contributed by atoms with Crippen molar-refractivity contribution in [3.63, 3.8) is 0 Å². The fraction of sp³-hybridized carbons (Fsp3) is 0.846. The lowest BCUT2D eigenvalue weighted by atomic mass is 9.93. The molecule has 0 bridgehead atoms. The average Bonchev–Trinajstić information content (AvgIpc) is 2.10. The zero-order chi connectivity index (χ0) is 13.7. The molecule has 0 spiro atoms. The van der Waals surface area contributed by atoms with Crippen molar-refractivity contribution in [2.75, 3.05) is 0 Å². The first-order valence-electron chi connectivity index (χ1n) is 5.85. The van der Waals surface area contributed by atoms with Crippen LogP contribution in [0.4, 0.5) is 13.2 Å². The third-order valence-corrected chi connectivity index (χ3v) is 2.19. The summed E-state index contributed by atoms with van der Waals surface area (Å²) >= 11 is 0. The van der Waals surface area contributed by atoms with E-state index in [1.54, 1.807) is 20.8 Å². The van der Waals surface area contributed by atoms with Gasteiger partial charge in [-0.15, -0.1) is 0 Å². The highest BCUT2D eigenvalue weighted by atomic mass is 19.4. The van der Waals surface area contributed by atoms with Crippen LogP contribution < -0.4 is 0 Å². The van der Waals surface area contributed by atoms with Crippen LogP contribution in [0, 0.1) is 23.2 Å². The van der Waals surface area contributed by atoms with Gasteiger partial charge in [-0.1, -0.05) is 31.6 Å². The number of aliphatic hydroxyl groups excluding tert-OH is 1. The lowest BCUT2D eigenvalue weighted by molar-refractivity contribution is -0.182. The first-order valence-corrected chi connectivity index (χ1v) is 5.85.